The van der Waals surface area contributed by atoms with E-state index in [-0.39, 0.29) is 0 Å². The zero-order valence-corrected chi connectivity index (χ0v) is 18.1. The van der Waals surface area contributed by atoms with Crippen LogP contribution in [0.5, 0.6) is 0 Å². The minimum atomic E-state index is 0.872. The van der Waals surface area contributed by atoms with E-state index in [0.717, 1.165) is 13.2 Å². The zero-order chi connectivity index (χ0) is 18.8. The fraction of sp³-hybridized carbons (Fsp3) is 0.846. The maximum Gasteiger partial charge on any atom is 0.0681 e. The molecule has 0 aromatic rings. The number of hydrogen-bond donors (Lipinski definition) is 0. The molecule has 0 saturated heterocycles. The summed E-state index contributed by atoms with van der Waals surface area (Å²) >= 11 is 0. The van der Waals surface area contributed by atoms with Crippen LogP contribution in [0.25, 0.3) is 0 Å². The van der Waals surface area contributed by atoms with Gasteiger partial charge in [-0.15, -0.1) is 0 Å². The molecule has 27 heavy (non-hydrogen) atoms. The molecule has 0 aromatic carbocycles. The molecule has 0 radical (unpaired) electrons. The molecule has 0 unspecified atom stereocenters. The second kappa shape index (κ2) is 16.4. The van der Waals surface area contributed by atoms with Crippen molar-refractivity contribution in [2.75, 3.05) is 13.2 Å². The summed E-state index contributed by atoms with van der Waals surface area (Å²) in [4.78, 5) is 0. The van der Waals surface area contributed by atoms with Gasteiger partial charge in [-0.2, -0.15) is 0 Å². The third kappa shape index (κ3) is 12.5. The number of allylic oxidation sites excluding steroid dienone is 2. The first-order valence-electron chi connectivity index (χ1n) is 12.4. The molecule has 0 aliphatic heterocycles. The van der Waals surface area contributed by atoms with Gasteiger partial charge in [0.05, 0.1) is 13.2 Å². The Morgan fingerprint density at radius 1 is 0.444 bits per heavy atom. The van der Waals surface area contributed by atoms with E-state index in [2.05, 4.69) is 12.2 Å². The molecule has 0 N–H and O–H groups in total. The SMILES string of the molecule is C1=C(\COC/C2=C\CCCCCCCCCC2)CCCCCCCCCC/1. The largest absolute Gasteiger partial charge is 0.373 e. The maximum atomic E-state index is 6.22. The summed E-state index contributed by atoms with van der Waals surface area (Å²) in [5.41, 5.74) is 3.15. The van der Waals surface area contributed by atoms with E-state index in [0.29, 0.717) is 0 Å². The van der Waals surface area contributed by atoms with E-state index in [1.54, 1.807) is 11.1 Å². The summed E-state index contributed by atoms with van der Waals surface area (Å²) in [6.45, 7) is 1.74. The van der Waals surface area contributed by atoms with Crippen LogP contribution < -0.4 is 0 Å². The molecule has 156 valence electrons. The fourth-order valence-corrected chi connectivity index (χ4v) is 4.51. The summed E-state index contributed by atoms with van der Waals surface area (Å²) in [7, 11) is 0. The highest BCUT2D eigenvalue weighted by Gasteiger charge is 2.04. The second-order valence-corrected chi connectivity index (χ2v) is 8.95. The first-order chi connectivity index (χ1) is 13.4. The summed E-state index contributed by atoms with van der Waals surface area (Å²) in [5.74, 6) is 0. The first-order valence-corrected chi connectivity index (χ1v) is 12.4. The lowest BCUT2D eigenvalue weighted by Crippen LogP contribution is -2.04. The normalized spacial score (nSPS) is 26.8. The lowest BCUT2D eigenvalue weighted by Gasteiger charge is -2.13. The lowest BCUT2D eigenvalue weighted by atomic mass is 10.0. The molecule has 0 heterocycles. The summed E-state index contributed by atoms with van der Waals surface area (Å²) < 4.78 is 6.22. The van der Waals surface area contributed by atoms with Gasteiger partial charge >= 0.3 is 0 Å². The minimum Gasteiger partial charge on any atom is -0.373 e. The Hall–Kier alpha value is -0.560. The van der Waals surface area contributed by atoms with E-state index in [4.69, 9.17) is 4.74 Å². The van der Waals surface area contributed by atoms with Gasteiger partial charge in [0.1, 0.15) is 0 Å². The van der Waals surface area contributed by atoms with Crippen LogP contribution >= 0.6 is 0 Å². The fourth-order valence-electron chi connectivity index (χ4n) is 4.51. The quantitative estimate of drug-likeness (QED) is 0.447. The highest BCUT2D eigenvalue weighted by Crippen LogP contribution is 2.19. The summed E-state index contributed by atoms with van der Waals surface area (Å²) in [6.07, 6.45) is 32.7. The van der Waals surface area contributed by atoms with Gasteiger partial charge in [-0.25, -0.2) is 0 Å². The Morgan fingerprint density at radius 2 is 0.778 bits per heavy atom. The Labute approximate surface area is 170 Å². The van der Waals surface area contributed by atoms with Gasteiger partial charge in [0.2, 0.25) is 0 Å². The van der Waals surface area contributed by atoms with Gasteiger partial charge in [0.15, 0.2) is 0 Å². The third-order valence-electron chi connectivity index (χ3n) is 6.34. The minimum absolute atomic E-state index is 0.872. The number of ether oxygens (including phenoxy) is 1. The molecule has 0 bridgehead atoms. The van der Waals surface area contributed by atoms with Crippen molar-refractivity contribution < 1.29 is 4.74 Å². The molecule has 0 saturated carbocycles. The standard InChI is InChI=1S/C26H46O/c1-3-7-11-15-19-25(20-16-12-8-4-1)23-27-24-26-21-17-13-9-5-2-6-10-14-18-22-26/h19,21H,1-18,20,22-24H2/b25-19-,26-21-. The molecular formula is C26H46O. The molecular weight excluding hydrogens is 328 g/mol. The highest BCUT2D eigenvalue weighted by atomic mass is 16.5. The highest BCUT2D eigenvalue weighted by molar-refractivity contribution is 5.05. The molecule has 0 spiro atoms. The molecule has 0 aromatic heterocycles. The van der Waals surface area contributed by atoms with Gasteiger partial charge in [0.25, 0.3) is 0 Å². The Kier molecular flexibility index (Phi) is 13.8. The van der Waals surface area contributed by atoms with Gasteiger partial charge < -0.3 is 4.74 Å². The second-order valence-electron chi connectivity index (χ2n) is 8.95. The summed E-state index contributed by atoms with van der Waals surface area (Å²) in [6, 6.07) is 0. The van der Waals surface area contributed by atoms with Crippen molar-refractivity contribution >= 4 is 0 Å². The van der Waals surface area contributed by atoms with Crippen LogP contribution in [0, 0.1) is 0 Å². The van der Waals surface area contributed by atoms with Crippen molar-refractivity contribution in [2.45, 2.75) is 128 Å². The molecule has 2 rings (SSSR count). The van der Waals surface area contributed by atoms with Crippen molar-refractivity contribution in [2.24, 2.45) is 0 Å². The molecule has 1 nitrogen and oxygen atoms in total. The van der Waals surface area contributed by atoms with E-state index in [9.17, 15) is 0 Å². The predicted molar refractivity (Wildman–Crippen MR) is 119 cm³/mol. The van der Waals surface area contributed by atoms with E-state index in [1.165, 1.54) is 128 Å². The topological polar surface area (TPSA) is 9.23 Å². The molecule has 1 heteroatoms. The average Bonchev–Trinajstić information content (AvgIpc) is 2.65. The van der Waals surface area contributed by atoms with Crippen LogP contribution in [0.15, 0.2) is 23.3 Å². The van der Waals surface area contributed by atoms with E-state index < -0.39 is 0 Å². The van der Waals surface area contributed by atoms with Crippen LogP contribution in [-0.4, -0.2) is 13.2 Å². The van der Waals surface area contributed by atoms with Crippen molar-refractivity contribution in [3.8, 4) is 0 Å². The van der Waals surface area contributed by atoms with Crippen molar-refractivity contribution in [3.63, 3.8) is 0 Å². The lowest BCUT2D eigenvalue weighted by molar-refractivity contribution is 0.174. The van der Waals surface area contributed by atoms with Crippen LogP contribution in [0.1, 0.15) is 128 Å². The smallest absolute Gasteiger partial charge is 0.0681 e. The van der Waals surface area contributed by atoms with Gasteiger partial charge in [-0.1, -0.05) is 89.2 Å². The molecule has 0 amide bonds. The average molecular weight is 375 g/mol. The van der Waals surface area contributed by atoms with Crippen LogP contribution in [0.4, 0.5) is 0 Å². The number of rotatable bonds is 4. The molecule has 0 fully saturated rings. The third-order valence-corrected chi connectivity index (χ3v) is 6.34. The Morgan fingerprint density at radius 3 is 1.19 bits per heavy atom. The Bertz CT molecular complexity index is 368. The van der Waals surface area contributed by atoms with Gasteiger partial charge in [-0.3, -0.25) is 0 Å². The number of hydrogen-bond acceptors (Lipinski definition) is 1. The molecule has 2 aliphatic carbocycles. The van der Waals surface area contributed by atoms with E-state index in [1.807, 2.05) is 0 Å². The maximum absolute atomic E-state index is 6.22. The summed E-state index contributed by atoms with van der Waals surface area (Å²) in [5, 5.41) is 0. The van der Waals surface area contributed by atoms with Crippen LogP contribution in [-0.2, 0) is 4.74 Å². The van der Waals surface area contributed by atoms with Gasteiger partial charge in [0, 0.05) is 0 Å². The zero-order valence-electron chi connectivity index (χ0n) is 18.1. The predicted octanol–water partition coefficient (Wildman–Crippen LogP) is 8.69. The Balaban J connectivity index is 1.73. The van der Waals surface area contributed by atoms with Crippen LogP contribution in [0.2, 0.25) is 0 Å². The van der Waals surface area contributed by atoms with Crippen LogP contribution in [0.3, 0.4) is 0 Å². The monoisotopic (exact) mass is 374 g/mol. The van der Waals surface area contributed by atoms with Gasteiger partial charge in [-0.05, 0) is 62.5 Å². The molecule has 0 atom stereocenters. The van der Waals surface area contributed by atoms with Crippen molar-refractivity contribution in [1.29, 1.82) is 0 Å². The van der Waals surface area contributed by atoms with Crippen molar-refractivity contribution in [3.05, 3.63) is 23.3 Å². The van der Waals surface area contributed by atoms with E-state index >= 15 is 0 Å². The molecule has 2 aliphatic rings. The van der Waals surface area contributed by atoms with Crippen molar-refractivity contribution in [1.82, 2.24) is 0 Å². The first kappa shape index (κ1) is 22.7.